The number of furan rings is 1. The van der Waals surface area contributed by atoms with E-state index in [9.17, 15) is 23.2 Å². The number of amides is 2. The molecule has 0 atom stereocenters. The van der Waals surface area contributed by atoms with Crippen LogP contribution in [0.25, 0.3) is 11.0 Å². The fourth-order valence-corrected chi connectivity index (χ4v) is 7.26. The summed E-state index contributed by atoms with van der Waals surface area (Å²) >= 11 is 1.46. The molecular weight excluding hydrogens is 530 g/mol. The number of sulfone groups is 1. The van der Waals surface area contributed by atoms with E-state index in [4.69, 9.17) is 9.15 Å². The van der Waals surface area contributed by atoms with E-state index in [1.807, 2.05) is 23.1 Å². The van der Waals surface area contributed by atoms with Crippen molar-refractivity contribution in [2.24, 2.45) is 0 Å². The van der Waals surface area contributed by atoms with Crippen molar-refractivity contribution in [3.05, 3.63) is 60.4 Å². The maximum Gasteiger partial charge on any atom is 0.287 e. The summed E-state index contributed by atoms with van der Waals surface area (Å²) in [4.78, 5) is 27.9. The van der Waals surface area contributed by atoms with E-state index >= 15 is 0 Å². The Labute approximate surface area is 225 Å². The maximum absolute atomic E-state index is 13.6. The number of hydroxylamine groups is 1. The number of hydrogen-bond donors (Lipinski definition) is 3. The molecule has 1 aliphatic heterocycles. The molecule has 2 heterocycles. The minimum atomic E-state index is -4.08. The smallest absolute Gasteiger partial charge is 0.287 e. The molecular formula is C26H31N3O7S2. The average Bonchev–Trinajstić information content (AvgIpc) is 3.39. The second-order valence-corrected chi connectivity index (χ2v) is 12.4. The Kier molecular flexibility index (Phi) is 9.11. The van der Waals surface area contributed by atoms with Crippen LogP contribution in [0.1, 0.15) is 23.4 Å². The third-order valence-corrected chi connectivity index (χ3v) is 10.3. The number of rotatable bonds is 11. The molecule has 12 heteroatoms. The number of piperidine rings is 1. The number of benzene rings is 2. The van der Waals surface area contributed by atoms with Crippen molar-refractivity contribution in [2.75, 3.05) is 45.6 Å². The van der Waals surface area contributed by atoms with Gasteiger partial charge in [-0.2, -0.15) is 0 Å². The predicted octanol–water partition coefficient (Wildman–Crippen LogP) is 2.72. The van der Waals surface area contributed by atoms with Gasteiger partial charge in [-0.3, -0.25) is 14.8 Å². The number of thioether (sulfide) groups is 1. The molecule has 2 aromatic carbocycles. The van der Waals surface area contributed by atoms with E-state index in [0.29, 0.717) is 44.1 Å². The molecule has 0 bridgehead atoms. The Morgan fingerprint density at radius 1 is 1.13 bits per heavy atom. The Morgan fingerprint density at radius 2 is 1.84 bits per heavy atom. The largest absolute Gasteiger partial charge is 0.451 e. The van der Waals surface area contributed by atoms with Gasteiger partial charge in [-0.1, -0.05) is 18.2 Å². The fraction of sp³-hybridized carbons (Fsp3) is 0.385. The SMILES string of the molecule is COCCN1CCC(C(=O)NO)(S(=O)(=O)c2ccc(SCCNC(=O)c3cc4ccccc4o3)cc2)CC1. The zero-order chi connectivity index (χ0) is 27.2. The lowest BCUT2D eigenvalue weighted by atomic mass is 9.95. The van der Waals surface area contributed by atoms with Gasteiger partial charge in [0.15, 0.2) is 20.3 Å². The number of para-hydroxylation sites is 1. The summed E-state index contributed by atoms with van der Waals surface area (Å²) in [5.74, 6) is -0.408. The van der Waals surface area contributed by atoms with Crippen LogP contribution in [0.3, 0.4) is 0 Å². The molecule has 1 aromatic heterocycles. The van der Waals surface area contributed by atoms with Gasteiger partial charge in [0.1, 0.15) is 5.58 Å². The molecule has 1 aliphatic rings. The molecule has 3 N–H and O–H groups in total. The highest BCUT2D eigenvalue weighted by Crippen LogP contribution is 2.36. The van der Waals surface area contributed by atoms with Gasteiger partial charge >= 0.3 is 0 Å². The first kappa shape index (κ1) is 28.1. The molecule has 3 aromatic rings. The van der Waals surface area contributed by atoms with Crippen LogP contribution in [-0.2, 0) is 19.4 Å². The summed E-state index contributed by atoms with van der Waals surface area (Å²) in [5.41, 5.74) is 2.23. The third-order valence-electron chi connectivity index (χ3n) is 6.74. The number of ether oxygens (including phenoxy) is 1. The van der Waals surface area contributed by atoms with Gasteiger partial charge in [0.2, 0.25) is 0 Å². The zero-order valence-corrected chi connectivity index (χ0v) is 22.6. The second-order valence-electron chi connectivity index (χ2n) is 9.00. The van der Waals surface area contributed by atoms with Crippen LogP contribution >= 0.6 is 11.8 Å². The number of fused-ring (bicyclic) bond motifs is 1. The van der Waals surface area contributed by atoms with Gasteiger partial charge in [0.25, 0.3) is 11.8 Å². The van der Waals surface area contributed by atoms with Crippen LogP contribution in [0.4, 0.5) is 0 Å². The second kappa shape index (κ2) is 12.3. The van der Waals surface area contributed by atoms with E-state index in [-0.39, 0.29) is 29.4 Å². The molecule has 0 aliphatic carbocycles. The lowest BCUT2D eigenvalue weighted by Crippen LogP contribution is -2.58. The molecule has 1 fully saturated rings. The molecule has 204 valence electrons. The van der Waals surface area contributed by atoms with Gasteiger partial charge in [-0.25, -0.2) is 13.9 Å². The van der Waals surface area contributed by atoms with Crippen LogP contribution in [0.15, 0.2) is 68.8 Å². The van der Waals surface area contributed by atoms with Crippen LogP contribution in [-0.4, -0.2) is 80.7 Å². The van der Waals surface area contributed by atoms with Crippen molar-refractivity contribution in [1.29, 1.82) is 0 Å². The van der Waals surface area contributed by atoms with E-state index < -0.39 is 20.5 Å². The Bertz CT molecular complexity index is 1330. The van der Waals surface area contributed by atoms with Crippen molar-refractivity contribution < 1.29 is 32.4 Å². The quantitative estimate of drug-likeness (QED) is 0.140. The van der Waals surface area contributed by atoms with Crippen molar-refractivity contribution in [3.8, 4) is 0 Å². The Morgan fingerprint density at radius 3 is 2.50 bits per heavy atom. The van der Waals surface area contributed by atoms with E-state index in [2.05, 4.69) is 5.32 Å². The van der Waals surface area contributed by atoms with Gasteiger partial charge in [0.05, 0.1) is 11.5 Å². The van der Waals surface area contributed by atoms with E-state index in [1.165, 1.54) is 23.9 Å². The topological polar surface area (TPSA) is 138 Å². The van der Waals surface area contributed by atoms with Crippen LogP contribution < -0.4 is 10.8 Å². The summed E-state index contributed by atoms with van der Waals surface area (Å²) < 4.78 is 36.1. The van der Waals surface area contributed by atoms with Crippen LogP contribution in [0, 0.1) is 0 Å². The number of nitrogens with one attached hydrogen (secondary N) is 2. The molecule has 1 saturated heterocycles. The first-order valence-electron chi connectivity index (χ1n) is 12.2. The summed E-state index contributed by atoms with van der Waals surface area (Å²) in [6.45, 7) is 2.32. The highest BCUT2D eigenvalue weighted by Gasteiger charge is 2.52. The summed E-state index contributed by atoms with van der Waals surface area (Å²) in [6.07, 6.45) is 0.125. The van der Waals surface area contributed by atoms with Crippen molar-refractivity contribution in [3.63, 3.8) is 0 Å². The van der Waals surface area contributed by atoms with Gasteiger partial charge in [0, 0.05) is 49.3 Å². The van der Waals surface area contributed by atoms with Gasteiger partial charge in [-0.15, -0.1) is 11.8 Å². The molecule has 2 amide bonds. The lowest BCUT2D eigenvalue weighted by molar-refractivity contribution is -0.133. The number of carbonyl (C=O) groups is 2. The first-order valence-corrected chi connectivity index (χ1v) is 14.7. The lowest BCUT2D eigenvalue weighted by Gasteiger charge is -2.39. The number of hydrogen-bond acceptors (Lipinski definition) is 9. The van der Waals surface area contributed by atoms with Crippen molar-refractivity contribution in [2.45, 2.75) is 27.4 Å². The summed E-state index contributed by atoms with van der Waals surface area (Å²) in [6, 6.07) is 15.4. The monoisotopic (exact) mass is 561 g/mol. The van der Waals surface area contributed by atoms with Crippen LogP contribution in [0.2, 0.25) is 0 Å². The average molecular weight is 562 g/mol. The molecule has 10 nitrogen and oxygen atoms in total. The van der Waals surface area contributed by atoms with Crippen molar-refractivity contribution in [1.82, 2.24) is 15.7 Å². The number of carbonyl (C=O) groups excluding carboxylic acids is 2. The minimum Gasteiger partial charge on any atom is -0.451 e. The molecule has 0 radical (unpaired) electrons. The van der Waals surface area contributed by atoms with Gasteiger partial charge in [-0.05, 0) is 49.2 Å². The first-order chi connectivity index (χ1) is 18.3. The number of likely N-dealkylation sites (tertiary alicyclic amines) is 1. The Hall–Kier alpha value is -2.90. The standard InChI is InChI=1S/C26H31N3O7S2/c1-35-16-15-29-13-10-26(11-14-29,25(31)28-32)38(33,34)21-8-6-20(7-9-21)37-17-12-27-24(30)23-18-19-4-2-3-5-22(19)36-23/h2-9,18,32H,10-17H2,1H3,(H,27,30)(H,28,31). The highest BCUT2D eigenvalue weighted by atomic mass is 32.2. The molecule has 4 rings (SSSR count). The minimum absolute atomic E-state index is 0.0222. The van der Waals surface area contributed by atoms with Crippen molar-refractivity contribution >= 4 is 44.4 Å². The predicted molar refractivity (Wildman–Crippen MR) is 143 cm³/mol. The Balaban J connectivity index is 1.35. The number of methoxy groups -OCH3 is 1. The maximum atomic E-state index is 13.6. The van der Waals surface area contributed by atoms with E-state index in [1.54, 1.807) is 36.9 Å². The summed E-state index contributed by atoms with van der Waals surface area (Å²) in [5, 5.41) is 13.0. The van der Waals surface area contributed by atoms with Crippen LogP contribution in [0.5, 0.6) is 0 Å². The number of nitrogens with zero attached hydrogens (tertiary/aromatic N) is 1. The van der Waals surface area contributed by atoms with Gasteiger partial charge < -0.3 is 19.4 Å². The summed E-state index contributed by atoms with van der Waals surface area (Å²) in [7, 11) is -2.48. The van der Waals surface area contributed by atoms with E-state index in [0.717, 1.165) is 10.3 Å². The molecule has 0 spiro atoms. The molecule has 0 saturated carbocycles. The fourth-order valence-electron chi connectivity index (χ4n) is 4.53. The normalized spacial score (nSPS) is 15.8. The zero-order valence-electron chi connectivity index (χ0n) is 21.0. The highest BCUT2D eigenvalue weighted by molar-refractivity contribution is 7.99. The molecule has 38 heavy (non-hydrogen) atoms. The third kappa shape index (κ3) is 5.89. The molecule has 0 unspecified atom stereocenters.